The van der Waals surface area contributed by atoms with Crippen molar-refractivity contribution in [3.63, 3.8) is 0 Å². The fourth-order valence-corrected chi connectivity index (χ4v) is 4.19. The van der Waals surface area contributed by atoms with E-state index in [1.54, 1.807) is 0 Å². The summed E-state index contributed by atoms with van der Waals surface area (Å²) in [6.45, 7) is 0. The van der Waals surface area contributed by atoms with E-state index in [0.29, 0.717) is 22.9 Å². The molecule has 0 aliphatic carbocycles. The number of nitrogens with zero attached hydrogens (tertiary/aromatic N) is 5. The molecule has 0 bridgehead atoms. The molecule has 0 radical (unpaired) electrons. The standard InChI is InChI=1S/C22H20N6O3S/c1-31-21(30)19-18(13-16-10-6-3-7-11-16)32-22(24-19)25-20(29)17(28-14-23-26-27-28)12-15-8-4-2-5-9-15/h2-11,14,17H,12-13H2,1H3,(H,24,25,29). The van der Waals surface area contributed by atoms with Gasteiger partial charge in [-0.2, -0.15) is 0 Å². The molecule has 1 unspecified atom stereocenters. The van der Waals surface area contributed by atoms with Gasteiger partial charge in [0.2, 0.25) is 0 Å². The minimum atomic E-state index is -0.685. The number of methoxy groups -OCH3 is 1. The molecule has 0 saturated heterocycles. The summed E-state index contributed by atoms with van der Waals surface area (Å²) < 4.78 is 6.28. The number of ether oxygens (including phenoxy) is 1. The second-order valence-electron chi connectivity index (χ2n) is 6.93. The van der Waals surface area contributed by atoms with Crippen LogP contribution < -0.4 is 5.32 Å². The summed E-state index contributed by atoms with van der Waals surface area (Å²) in [5, 5.41) is 14.3. The van der Waals surface area contributed by atoms with Crippen LogP contribution in [0.4, 0.5) is 5.13 Å². The lowest BCUT2D eigenvalue weighted by Gasteiger charge is -2.15. The molecule has 162 valence electrons. The average Bonchev–Trinajstić information content (AvgIpc) is 3.49. The number of carbonyl (C=O) groups is 2. The van der Waals surface area contributed by atoms with Crippen molar-refractivity contribution in [2.75, 3.05) is 12.4 Å². The Morgan fingerprint density at radius 2 is 1.75 bits per heavy atom. The van der Waals surface area contributed by atoms with Gasteiger partial charge in [-0.15, -0.1) is 16.4 Å². The molecule has 1 N–H and O–H groups in total. The van der Waals surface area contributed by atoms with E-state index >= 15 is 0 Å². The van der Waals surface area contributed by atoms with Crippen LogP contribution in [-0.2, 0) is 22.4 Å². The van der Waals surface area contributed by atoms with Crippen LogP contribution in [0.3, 0.4) is 0 Å². The third kappa shape index (κ3) is 5.03. The molecule has 0 fully saturated rings. The first-order chi connectivity index (χ1) is 15.6. The predicted octanol–water partition coefficient (Wildman–Crippen LogP) is 2.93. The van der Waals surface area contributed by atoms with Crippen molar-refractivity contribution in [1.82, 2.24) is 25.2 Å². The Morgan fingerprint density at radius 3 is 2.38 bits per heavy atom. The monoisotopic (exact) mass is 448 g/mol. The third-order valence-corrected chi connectivity index (χ3v) is 5.74. The maximum absolute atomic E-state index is 13.2. The van der Waals surface area contributed by atoms with Gasteiger partial charge in [0, 0.05) is 17.7 Å². The van der Waals surface area contributed by atoms with Gasteiger partial charge in [0.25, 0.3) is 5.91 Å². The second kappa shape index (κ2) is 9.92. The summed E-state index contributed by atoms with van der Waals surface area (Å²) in [5.74, 6) is -0.883. The zero-order chi connectivity index (χ0) is 22.3. The molecular formula is C22H20N6O3S. The number of hydrogen-bond donors (Lipinski definition) is 1. The molecule has 0 spiro atoms. The number of hydrogen-bond acceptors (Lipinski definition) is 8. The number of carbonyl (C=O) groups excluding carboxylic acids is 2. The highest BCUT2D eigenvalue weighted by Crippen LogP contribution is 2.27. The van der Waals surface area contributed by atoms with Crippen LogP contribution in [0.5, 0.6) is 0 Å². The zero-order valence-corrected chi connectivity index (χ0v) is 18.0. The predicted molar refractivity (Wildman–Crippen MR) is 118 cm³/mol. The normalized spacial score (nSPS) is 11.7. The number of thiazole rings is 1. The number of rotatable bonds is 8. The lowest BCUT2D eigenvalue weighted by atomic mass is 10.1. The Labute approximate surface area is 188 Å². The summed E-state index contributed by atoms with van der Waals surface area (Å²) in [5.41, 5.74) is 2.18. The summed E-state index contributed by atoms with van der Waals surface area (Å²) >= 11 is 1.24. The number of benzene rings is 2. The van der Waals surface area contributed by atoms with E-state index in [-0.39, 0.29) is 11.6 Å². The van der Waals surface area contributed by atoms with Crippen molar-refractivity contribution in [2.24, 2.45) is 0 Å². The average molecular weight is 449 g/mol. The Hall–Kier alpha value is -3.92. The first kappa shape index (κ1) is 21.3. The van der Waals surface area contributed by atoms with Crippen LogP contribution in [0.15, 0.2) is 67.0 Å². The first-order valence-electron chi connectivity index (χ1n) is 9.83. The smallest absolute Gasteiger partial charge is 0.357 e. The van der Waals surface area contributed by atoms with Gasteiger partial charge in [-0.25, -0.2) is 14.5 Å². The highest BCUT2D eigenvalue weighted by atomic mass is 32.1. The molecule has 32 heavy (non-hydrogen) atoms. The van der Waals surface area contributed by atoms with E-state index in [2.05, 4.69) is 25.8 Å². The van der Waals surface area contributed by atoms with Crippen LogP contribution in [0.1, 0.15) is 32.5 Å². The van der Waals surface area contributed by atoms with E-state index in [9.17, 15) is 9.59 Å². The number of aromatic nitrogens is 5. The third-order valence-electron chi connectivity index (χ3n) is 4.77. The van der Waals surface area contributed by atoms with Gasteiger partial charge in [0.05, 0.1) is 7.11 Å². The summed E-state index contributed by atoms with van der Waals surface area (Å²) in [6, 6.07) is 18.6. The molecule has 0 aliphatic rings. The molecule has 2 aromatic heterocycles. The molecule has 1 amide bonds. The van der Waals surface area contributed by atoms with Crippen LogP contribution >= 0.6 is 11.3 Å². The number of anilines is 1. The Bertz CT molecular complexity index is 1180. The topological polar surface area (TPSA) is 112 Å². The summed E-state index contributed by atoms with van der Waals surface area (Å²) in [4.78, 5) is 30.5. The van der Waals surface area contributed by atoms with Gasteiger partial charge < -0.3 is 10.1 Å². The minimum Gasteiger partial charge on any atom is -0.464 e. The first-order valence-corrected chi connectivity index (χ1v) is 10.6. The highest BCUT2D eigenvalue weighted by molar-refractivity contribution is 7.16. The SMILES string of the molecule is COC(=O)c1nc(NC(=O)C(Cc2ccccc2)n2cnnn2)sc1Cc1ccccc1. The van der Waals surface area contributed by atoms with Gasteiger partial charge in [0.1, 0.15) is 12.4 Å². The van der Waals surface area contributed by atoms with Gasteiger partial charge in [-0.1, -0.05) is 60.7 Å². The fraction of sp³-hybridized carbons (Fsp3) is 0.182. The number of nitrogens with one attached hydrogen (secondary N) is 1. The van der Waals surface area contributed by atoms with Gasteiger partial charge >= 0.3 is 5.97 Å². The molecule has 0 aliphatic heterocycles. The van der Waals surface area contributed by atoms with E-state index in [1.807, 2.05) is 60.7 Å². The fourth-order valence-electron chi connectivity index (χ4n) is 3.21. The van der Waals surface area contributed by atoms with Crippen molar-refractivity contribution in [2.45, 2.75) is 18.9 Å². The van der Waals surface area contributed by atoms with Gasteiger partial charge in [-0.3, -0.25) is 4.79 Å². The highest BCUT2D eigenvalue weighted by Gasteiger charge is 2.25. The van der Waals surface area contributed by atoms with Crippen LogP contribution in [-0.4, -0.2) is 44.2 Å². The Balaban J connectivity index is 1.58. The lowest BCUT2D eigenvalue weighted by Crippen LogP contribution is -2.28. The number of amides is 1. The summed E-state index contributed by atoms with van der Waals surface area (Å²) in [7, 11) is 1.31. The quantitative estimate of drug-likeness (QED) is 0.413. The second-order valence-corrected chi connectivity index (χ2v) is 8.01. The van der Waals surface area contributed by atoms with E-state index in [4.69, 9.17) is 4.74 Å². The van der Waals surface area contributed by atoms with Crippen LogP contribution in [0.2, 0.25) is 0 Å². The molecule has 1 atom stereocenters. The van der Waals surface area contributed by atoms with Crippen LogP contribution in [0.25, 0.3) is 0 Å². The molecular weight excluding hydrogens is 428 g/mol. The van der Waals surface area contributed by atoms with Gasteiger partial charge in [-0.05, 0) is 21.6 Å². The van der Waals surface area contributed by atoms with Crippen molar-refractivity contribution in [3.05, 3.63) is 88.7 Å². The maximum atomic E-state index is 13.2. The lowest BCUT2D eigenvalue weighted by molar-refractivity contribution is -0.119. The minimum absolute atomic E-state index is 0.193. The largest absolute Gasteiger partial charge is 0.464 e. The molecule has 2 aromatic carbocycles. The Morgan fingerprint density at radius 1 is 1.06 bits per heavy atom. The number of esters is 1. The van der Waals surface area contributed by atoms with Crippen molar-refractivity contribution in [3.8, 4) is 0 Å². The number of tetrazole rings is 1. The molecule has 4 rings (SSSR count). The zero-order valence-electron chi connectivity index (χ0n) is 17.2. The molecule has 4 aromatic rings. The van der Waals surface area contributed by atoms with E-state index in [0.717, 1.165) is 11.1 Å². The van der Waals surface area contributed by atoms with Crippen molar-refractivity contribution >= 4 is 28.3 Å². The molecule has 10 heteroatoms. The maximum Gasteiger partial charge on any atom is 0.357 e. The van der Waals surface area contributed by atoms with Gasteiger partial charge in [0.15, 0.2) is 10.8 Å². The van der Waals surface area contributed by atoms with E-state index in [1.165, 1.54) is 29.5 Å². The molecule has 0 saturated carbocycles. The van der Waals surface area contributed by atoms with E-state index < -0.39 is 12.0 Å². The van der Waals surface area contributed by atoms with Crippen LogP contribution in [0, 0.1) is 0 Å². The Kier molecular flexibility index (Phi) is 6.61. The van der Waals surface area contributed by atoms with Crippen molar-refractivity contribution < 1.29 is 14.3 Å². The summed E-state index contributed by atoms with van der Waals surface area (Å²) in [6.07, 6.45) is 2.29. The molecule has 2 heterocycles. The van der Waals surface area contributed by atoms with Crippen molar-refractivity contribution in [1.29, 1.82) is 0 Å². The molecule has 9 nitrogen and oxygen atoms in total.